The number of aliphatic hydroxyl groups is 2. The molecule has 1 fully saturated rings. The topological polar surface area (TPSA) is 140 Å². The van der Waals surface area contributed by atoms with E-state index in [1.54, 1.807) is 0 Å². The molecule has 0 spiro atoms. The number of nitrogens with zero attached hydrogens (tertiary/aromatic N) is 2. The number of anilines is 1. The van der Waals surface area contributed by atoms with Crippen molar-refractivity contribution in [2.75, 3.05) is 5.32 Å². The molecule has 2 rings (SSSR count). The molecule has 10 nitrogen and oxygen atoms in total. The van der Waals surface area contributed by atoms with Crippen molar-refractivity contribution in [3.05, 3.63) is 22.2 Å². The molecule has 0 saturated carbocycles. The number of amides is 1. The average Bonchev–Trinajstić information content (AvgIpc) is 2.88. The Hall–Kier alpha value is -2.30. The van der Waals surface area contributed by atoms with Crippen LogP contribution in [-0.2, 0) is 25.7 Å². The van der Waals surface area contributed by atoms with E-state index in [1.807, 2.05) is 13.8 Å². The van der Waals surface area contributed by atoms with E-state index in [-0.39, 0.29) is 23.9 Å². The summed E-state index contributed by atoms with van der Waals surface area (Å²) in [6.45, 7) is 6.25. The number of aromatic nitrogens is 2. The van der Waals surface area contributed by atoms with E-state index < -0.39 is 42.1 Å². The number of carbonyl (C=O) groups is 2. The van der Waals surface area contributed by atoms with Crippen molar-refractivity contribution < 1.29 is 29.3 Å². The SMILES string of the molecule is CCC(C)C[C@H]1OC(n2cc(COC(C)=O)c(NC(C)=O)nc2=O)[C@H](O)[C@@H]1O. The fourth-order valence-electron chi connectivity index (χ4n) is 2.97. The minimum atomic E-state index is -1.33. The highest BCUT2D eigenvalue weighted by Gasteiger charge is 2.44. The predicted octanol–water partition coefficient (Wildman–Crippen LogP) is 0.320. The van der Waals surface area contributed by atoms with E-state index in [1.165, 1.54) is 20.0 Å². The van der Waals surface area contributed by atoms with Crippen LogP contribution in [0.25, 0.3) is 0 Å². The van der Waals surface area contributed by atoms with Crippen LogP contribution in [0.15, 0.2) is 11.0 Å². The maximum absolute atomic E-state index is 12.5. The Morgan fingerprint density at radius 3 is 2.61 bits per heavy atom. The largest absolute Gasteiger partial charge is 0.461 e. The highest BCUT2D eigenvalue weighted by atomic mass is 16.6. The summed E-state index contributed by atoms with van der Waals surface area (Å²) in [5.41, 5.74) is -0.531. The Balaban J connectivity index is 2.35. The third-order valence-corrected chi connectivity index (χ3v) is 4.70. The number of rotatable bonds is 7. The lowest BCUT2D eigenvalue weighted by atomic mass is 9.97. The molecule has 28 heavy (non-hydrogen) atoms. The van der Waals surface area contributed by atoms with Crippen LogP contribution in [0.4, 0.5) is 5.82 Å². The number of esters is 1. The second-order valence-corrected chi connectivity index (χ2v) is 7.06. The van der Waals surface area contributed by atoms with Gasteiger partial charge in [-0.05, 0) is 12.3 Å². The molecular formula is C18H27N3O7. The molecule has 3 N–H and O–H groups in total. The Kier molecular flexibility index (Phi) is 7.28. The van der Waals surface area contributed by atoms with Crippen LogP contribution in [0, 0.1) is 5.92 Å². The van der Waals surface area contributed by atoms with Crippen molar-refractivity contribution >= 4 is 17.7 Å². The molecule has 1 saturated heterocycles. The van der Waals surface area contributed by atoms with E-state index in [4.69, 9.17) is 9.47 Å². The van der Waals surface area contributed by atoms with E-state index >= 15 is 0 Å². The van der Waals surface area contributed by atoms with Gasteiger partial charge in [-0.1, -0.05) is 20.3 Å². The molecule has 1 aromatic rings. The lowest BCUT2D eigenvalue weighted by molar-refractivity contribution is -0.142. The Morgan fingerprint density at radius 1 is 1.36 bits per heavy atom. The number of nitrogens with one attached hydrogen (secondary N) is 1. The maximum Gasteiger partial charge on any atom is 0.351 e. The molecule has 10 heteroatoms. The van der Waals surface area contributed by atoms with Crippen LogP contribution in [0.2, 0.25) is 0 Å². The lowest BCUT2D eigenvalue weighted by Crippen LogP contribution is -2.36. The van der Waals surface area contributed by atoms with Gasteiger partial charge >= 0.3 is 11.7 Å². The Labute approximate surface area is 162 Å². The first-order valence-electron chi connectivity index (χ1n) is 9.18. The first kappa shape index (κ1) is 22.0. The minimum Gasteiger partial charge on any atom is -0.461 e. The lowest BCUT2D eigenvalue weighted by Gasteiger charge is -2.20. The van der Waals surface area contributed by atoms with Gasteiger partial charge in [0.25, 0.3) is 0 Å². The van der Waals surface area contributed by atoms with Gasteiger partial charge in [-0.3, -0.25) is 14.2 Å². The molecule has 1 aromatic heterocycles. The summed E-state index contributed by atoms with van der Waals surface area (Å²) in [4.78, 5) is 38.8. The van der Waals surface area contributed by atoms with E-state index in [0.717, 1.165) is 11.0 Å². The third-order valence-electron chi connectivity index (χ3n) is 4.70. The molecule has 156 valence electrons. The summed E-state index contributed by atoms with van der Waals surface area (Å²) in [7, 11) is 0. The Morgan fingerprint density at radius 2 is 2.04 bits per heavy atom. The summed E-state index contributed by atoms with van der Waals surface area (Å²) >= 11 is 0. The van der Waals surface area contributed by atoms with Crippen molar-refractivity contribution in [3.8, 4) is 0 Å². The first-order chi connectivity index (χ1) is 13.1. The van der Waals surface area contributed by atoms with Gasteiger partial charge in [0.05, 0.1) is 6.10 Å². The second kappa shape index (κ2) is 9.26. The molecule has 0 aliphatic carbocycles. The zero-order valence-corrected chi connectivity index (χ0v) is 16.4. The van der Waals surface area contributed by atoms with Crippen LogP contribution < -0.4 is 11.0 Å². The zero-order chi connectivity index (χ0) is 21.0. The fourth-order valence-corrected chi connectivity index (χ4v) is 2.97. The number of hydrogen-bond donors (Lipinski definition) is 3. The molecule has 1 aliphatic rings. The molecule has 0 aromatic carbocycles. The average molecular weight is 397 g/mol. The van der Waals surface area contributed by atoms with Crippen molar-refractivity contribution in [2.45, 2.75) is 71.7 Å². The summed E-state index contributed by atoms with van der Waals surface area (Å²) in [5.74, 6) is -0.774. The van der Waals surface area contributed by atoms with E-state index in [0.29, 0.717) is 6.42 Å². The van der Waals surface area contributed by atoms with E-state index in [9.17, 15) is 24.6 Å². The zero-order valence-electron chi connectivity index (χ0n) is 16.4. The monoisotopic (exact) mass is 397 g/mol. The van der Waals surface area contributed by atoms with Gasteiger partial charge in [-0.15, -0.1) is 0 Å². The molecule has 0 radical (unpaired) electrons. The summed E-state index contributed by atoms with van der Waals surface area (Å²) in [6, 6.07) is 0. The fraction of sp³-hybridized carbons (Fsp3) is 0.667. The van der Waals surface area contributed by atoms with Gasteiger partial charge in [0.1, 0.15) is 24.6 Å². The normalized spacial score (nSPS) is 25.4. The van der Waals surface area contributed by atoms with Crippen molar-refractivity contribution in [1.29, 1.82) is 0 Å². The van der Waals surface area contributed by atoms with Crippen LogP contribution in [0.1, 0.15) is 52.3 Å². The first-order valence-corrected chi connectivity index (χ1v) is 9.18. The van der Waals surface area contributed by atoms with Gasteiger partial charge in [0.15, 0.2) is 6.23 Å². The smallest absolute Gasteiger partial charge is 0.351 e. The minimum absolute atomic E-state index is 0.0424. The van der Waals surface area contributed by atoms with Gasteiger partial charge in [0, 0.05) is 25.6 Å². The standard InChI is InChI=1S/C18H27N3O7/c1-5-9(2)6-13-14(24)15(25)17(28-13)21-7-12(8-27-11(4)23)16(19-10(3)22)20-18(21)26/h7,9,13-15,17,24-25H,5-6,8H2,1-4H3,(H,19,20,22,26)/t9?,13-,14-,15-,17?/m1/s1. The number of aliphatic hydroxyl groups excluding tert-OH is 2. The highest BCUT2D eigenvalue weighted by Crippen LogP contribution is 2.32. The van der Waals surface area contributed by atoms with Gasteiger partial charge in [0.2, 0.25) is 5.91 Å². The van der Waals surface area contributed by atoms with Crippen LogP contribution in [0.3, 0.4) is 0 Å². The Bertz CT molecular complexity index is 779. The summed E-state index contributed by atoms with van der Waals surface area (Å²) < 4.78 is 11.7. The quantitative estimate of drug-likeness (QED) is 0.559. The predicted molar refractivity (Wildman–Crippen MR) is 98.3 cm³/mol. The number of carbonyl (C=O) groups excluding carboxylic acids is 2. The highest BCUT2D eigenvalue weighted by molar-refractivity contribution is 5.88. The molecule has 1 amide bonds. The van der Waals surface area contributed by atoms with Gasteiger partial charge in [-0.2, -0.15) is 4.98 Å². The summed E-state index contributed by atoms with van der Waals surface area (Å²) in [6.07, 6.45) is -1.56. The second-order valence-electron chi connectivity index (χ2n) is 7.06. The molecule has 5 atom stereocenters. The summed E-state index contributed by atoms with van der Waals surface area (Å²) in [5, 5.41) is 23.1. The maximum atomic E-state index is 12.5. The molecule has 0 bridgehead atoms. The number of hydrogen-bond acceptors (Lipinski definition) is 8. The number of ether oxygens (including phenoxy) is 2. The molecule has 2 heterocycles. The van der Waals surface area contributed by atoms with Crippen molar-refractivity contribution in [2.24, 2.45) is 5.92 Å². The molecule has 2 unspecified atom stereocenters. The van der Waals surface area contributed by atoms with Crippen LogP contribution in [0.5, 0.6) is 0 Å². The molecular weight excluding hydrogens is 370 g/mol. The van der Waals surface area contributed by atoms with E-state index in [2.05, 4.69) is 10.3 Å². The van der Waals surface area contributed by atoms with Gasteiger partial charge in [-0.25, -0.2) is 4.79 Å². The third kappa shape index (κ3) is 5.15. The van der Waals surface area contributed by atoms with Crippen LogP contribution >= 0.6 is 0 Å². The van der Waals surface area contributed by atoms with Gasteiger partial charge < -0.3 is 25.0 Å². The van der Waals surface area contributed by atoms with Crippen LogP contribution in [-0.4, -0.2) is 50.0 Å². The van der Waals surface area contributed by atoms with Crippen molar-refractivity contribution in [3.63, 3.8) is 0 Å². The molecule has 1 aliphatic heterocycles. The van der Waals surface area contributed by atoms with Crippen molar-refractivity contribution in [1.82, 2.24) is 9.55 Å².